The SMILES string of the molecule is C[C@H]1CCc2c(sc(NC(=O)c3ccccc3)c2C(=O)NCc2ccccc2)C1. The predicted molar refractivity (Wildman–Crippen MR) is 118 cm³/mol. The second-order valence-electron chi connectivity index (χ2n) is 7.54. The highest BCUT2D eigenvalue weighted by Crippen LogP contribution is 2.39. The molecule has 0 bridgehead atoms. The molecular weight excluding hydrogens is 380 g/mol. The first-order valence-electron chi connectivity index (χ1n) is 9.95. The summed E-state index contributed by atoms with van der Waals surface area (Å²) in [6.45, 7) is 2.70. The summed E-state index contributed by atoms with van der Waals surface area (Å²) >= 11 is 1.55. The lowest BCUT2D eigenvalue weighted by Gasteiger charge is -2.18. The number of benzene rings is 2. The molecule has 0 saturated carbocycles. The Kier molecular flexibility index (Phi) is 5.76. The fourth-order valence-corrected chi connectivity index (χ4v) is 5.11. The third-order valence-electron chi connectivity index (χ3n) is 5.30. The van der Waals surface area contributed by atoms with Crippen LogP contribution >= 0.6 is 11.3 Å². The molecule has 3 aromatic rings. The number of rotatable bonds is 5. The number of carbonyl (C=O) groups is 2. The van der Waals surface area contributed by atoms with Gasteiger partial charge < -0.3 is 10.6 Å². The molecule has 148 valence electrons. The molecule has 1 aliphatic carbocycles. The van der Waals surface area contributed by atoms with E-state index in [1.165, 1.54) is 4.88 Å². The van der Waals surface area contributed by atoms with Gasteiger partial charge in [0.25, 0.3) is 11.8 Å². The number of nitrogens with one attached hydrogen (secondary N) is 2. The lowest BCUT2D eigenvalue weighted by atomic mass is 9.88. The number of hydrogen-bond donors (Lipinski definition) is 2. The Bertz CT molecular complexity index is 1010. The molecule has 0 spiro atoms. The summed E-state index contributed by atoms with van der Waals surface area (Å²) in [6, 6.07) is 19.0. The highest BCUT2D eigenvalue weighted by atomic mass is 32.1. The van der Waals surface area contributed by atoms with E-state index in [1.807, 2.05) is 48.5 Å². The third-order valence-corrected chi connectivity index (χ3v) is 6.47. The molecular formula is C24H24N2O2S. The van der Waals surface area contributed by atoms with Crippen LogP contribution in [0.4, 0.5) is 5.00 Å². The molecule has 1 aromatic heterocycles. The maximum Gasteiger partial charge on any atom is 0.256 e. The Morgan fingerprint density at radius 2 is 1.69 bits per heavy atom. The van der Waals surface area contributed by atoms with Crippen molar-refractivity contribution in [3.63, 3.8) is 0 Å². The molecule has 4 rings (SSSR count). The number of thiophene rings is 1. The van der Waals surface area contributed by atoms with Crippen molar-refractivity contribution in [1.82, 2.24) is 5.32 Å². The van der Waals surface area contributed by atoms with Crippen LogP contribution in [0.15, 0.2) is 60.7 Å². The summed E-state index contributed by atoms with van der Waals surface area (Å²) in [4.78, 5) is 27.0. The average molecular weight is 405 g/mol. The molecule has 4 nitrogen and oxygen atoms in total. The summed E-state index contributed by atoms with van der Waals surface area (Å²) < 4.78 is 0. The molecule has 0 fully saturated rings. The van der Waals surface area contributed by atoms with Crippen molar-refractivity contribution in [3.8, 4) is 0 Å². The van der Waals surface area contributed by atoms with E-state index < -0.39 is 0 Å². The van der Waals surface area contributed by atoms with Gasteiger partial charge in [-0.05, 0) is 48.4 Å². The standard InChI is InChI=1S/C24H24N2O2S/c1-16-12-13-19-20(14-16)29-24(26-22(27)18-10-6-3-7-11-18)21(19)23(28)25-15-17-8-4-2-5-9-17/h2-11,16H,12-15H2,1H3,(H,25,28)(H,26,27)/t16-/m0/s1. The minimum Gasteiger partial charge on any atom is -0.348 e. The van der Waals surface area contributed by atoms with Gasteiger partial charge in [0, 0.05) is 17.0 Å². The molecule has 29 heavy (non-hydrogen) atoms. The first kappa shape index (κ1) is 19.4. The van der Waals surface area contributed by atoms with Crippen LogP contribution in [0.25, 0.3) is 0 Å². The maximum atomic E-state index is 13.1. The van der Waals surface area contributed by atoms with Crippen molar-refractivity contribution in [3.05, 3.63) is 87.8 Å². The van der Waals surface area contributed by atoms with Gasteiger partial charge in [0.15, 0.2) is 0 Å². The minimum atomic E-state index is -0.186. The topological polar surface area (TPSA) is 58.2 Å². The fraction of sp³-hybridized carbons (Fsp3) is 0.250. The summed E-state index contributed by atoms with van der Waals surface area (Å²) in [5, 5.41) is 6.69. The van der Waals surface area contributed by atoms with E-state index in [0.717, 1.165) is 30.4 Å². The van der Waals surface area contributed by atoms with E-state index >= 15 is 0 Å². The molecule has 2 N–H and O–H groups in total. The number of carbonyl (C=O) groups excluding carboxylic acids is 2. The number of anilines is 1. The molecule has 1 atom stereocenters. The van der Waals surface area contributed by atoms with Crippen LogP contribution in [0.2, 0.25) is 0 Å². The second-order valence-corrected chi connectivity index (χ2v) is 8.65. The highest BCUT2D eigenvalue weighted by molar-refractivity contribution is 7.17. The lowest BCUT2D eigenvalue weighted by Crippen LogP contribution is -2.26. The van der Waals surface area contributed by atoms with Gasteiger partial charge in [0.05, 0.1) is 5.56 Å². The van der Waals surface area contributed by atoms with Gasteiger partial charge in [-0.1, -0.05) is 55.5 Å². The zero-order valence-corrected chi connectivity index (χ0v) is 17.2. The smallest absolute Gasteiger partial charge is 0.256 e. The van der Waals surface area contributed by atoms with Gasteiger partial charge in [-0.2, -0.15) is 0 Å². The van der Waals surface area contributed by atoms with E-state index in [0.29, 0.717) is 28.6 Å². The van der Waals surface area contributed by atoms with E-state index in [9.17, 15) is 9.59 Å². The highest BCUT2D eigenvalue weighted by Gasteiger charge is 2.28. The van der Waals surface area contributed by atoms with Crippen LogP contribution < -0.4 is 10.6 Å². The second kappa shape index (κ2) is 8.62. The zero-order chi connectivity index (χ0) is 20.2. The van der Waals surface area contributed by atoms with Gasteiger partial charge in [0.2, 0.25) is 0 Å². The zero-order valence-electron chi connectivity index (χ0n) is 16.4. The molecule has 0 radical (unpaired) electrons. The van der Waals surface area contributed by atoms with Crippen LogP contribution in [0.5, 0.6) is 0 Å². The normalized spacial score (nSPS) is 15.4. The summed E-state index contributed by atoms with van der Waals surface area (Å²) in [5.74, 6) is 0.290. The van der Waals surface area contributed by atoms with Gasteiger partial charge in [-0.3, -0.25) is 9.59 Å². The Morgan fingerprint density at radius 1 is 1.00 bits per heavy atom. The molecule has 0 aliphatic heterocycles. The van der Waals surface area contributed by atoms with E-state index in [-0.39, 0.29) is 11.8 Å². The quantitative estimate of drug-likeness (QED) is 0.625. The molecule has 1 heterocycles. The molecule has 2 amide bonds. The third kappa shape index (κ3) is 4.40. The van der Waals surface area contributed by atoms with Crippen LogP contribution in [0.3, 0.4) is 0 Å². The fourth-order valence-electron chi connectivity index (χ4n) is 3.71. The summed E-state index contributed by atoms with van der Waals surface area (Å²) in [7, 11) is 0. The van der Waals surface area contributed by atoms with Gasteiger partial charge in [-0.15, -0.1) is 11.3 Å². The van der Waals surface area contributed by atoms with Crippen LogP contribution in [0, 0.1) is 5.92 Å². The van der Waals surface area contributed by atoms with Crippen LogP contribution in [-0.2, 0) is 19.4 Å². The maximum absolute atomic E-state index is 13.1. The Labute approximate surface area is 175 Å². The Balaban J connectivity index is 1.60. The van der Waals surface area contributed by atoms with Gasteiger partial charge in [-0.25, -0.2) is 0 Å². The number of hydrogen-bond acceptors (Lipinski definition) is 3. The first-order chi connectivity index (χ1) is 14.1. The summed E-state index contributed by atoms with van der Waals surface area (Å²) in [6.07, 6.45) is 2.90. The summed E-state index contributed by atoms with van der Waals surface area (Å²) in [5.41, 5.74) is 3.37. The van der Waals surface area contributed by atoms with E-state index in [4.69, 9.17) is 0 Å². The molecule has 2 aromatic carbocycles. The Hall–Kier alpha value is -2.92. The molecule has 0 unspecified atom stereocenters. The van der Waals surface area contributed by atoms with Crippen LogP contribution in [0.1, 0.15) is 50.1 Å². The van der Waals surface area contributed by atoms with E-state index in [2.05, 4.69) is 17.6 Å². The monoisotopic (exact) mass is 404 g/mol. The van der Waals surface area contributed by atoms with Crippen molar-refractivity contribution < 1.29 is 9.59 Å². The van der Waals surface area contributed by atoms with Crippen molar-refractivity contribution >= 4 is 28.2 Å². The van der Waals surface area contributed by atoms with Gasteiger partial charge in [0.1, 0.15) is 5.00 Å². The van der Waals surface area contributed by atoms with Gasteiger partial charge >= 0.3 is 0 Å². The number of amides is 2. The van der Waals surface area contributed by atoms with Crippen molar-refractivity contribution in [2.75, 3.05) is 5.32 Å². The predicted octanol–water partition coefficient (Wildman–Crippen LogP) is 5.06. The first-order valence-corrected chi connectivity index (χ1v) is 10.8. The lowest BCUT2D eigenvalue weighted by molar-refractivity contribution is 0.0951. The van der Waals surface area contributed by atoms with Crippen molar-refractivity contribution in [1.29, 1.82) is 0 Å². The van der Waals surface area contributed by atoms with Crippen molar-refractivity contribution in [2.24, 2.45) is 5.92 Å². The number of fused-ring (bicyclic) bond motifs is 1. The molecule has 1 aliphatic rings. The minimum absolute atomic E-state index is 0.121. The molecule has 5 heteroatoms. The average Bonchev–Trinajstić information content (AvgIpc) is 3.10. The van der Waals surface area contributed by atoms with E-state index in [1.54, 1.807) is 23.5 Å². The van der Waals surface area contributed by atoms with Crippen LogP contribution in [-0.4, -0.2) is 11.8 Å². The Morgan fingerprint density at radius 3 is 2.41 bits per heavy atom. The molecule has 0 saturated heterocycles. The van der Waals surface area contributed by atoms with Crippen molar-refractivity contribution in [2.45, 2.75) is 32.7 Å². The largest absolute Gasteiger partial charge is 0.348 e.